The SMILES string of the molecule is O=C(O)CC(Sc1ccc(CNS(=O)(=O)C2CCC(F)CC2)s1)C1CC1. The lowest BCUT2D eigenvalue weighted by molar-refractivity contribution is -0.137. The lowest BCUT2D eigenvalue weighted by Crippen LogP contribution is -2.36. The zero-order valence-electron chi connectivity index (χ0n) is 14.4. The summed E-state index contributed by atoms with van der Waals surface area (Å²) in [6, 6.07) is 3.82. The van der Waals surface area contributed by atoms with Gasteiger partial charge >= 0.3 is 5.97 Å². The summed E-state index contributed by atoms with van der Waals surface area (Å²) in [5.74, 6) is -0.298. The first-order valence-corrected chi connectivity index (χ1v) is 12.2. The van der Waals surface area contributed by atoms with E-state index < -0.39 is 27.4 Å². The molecule has 3 rings (SSSR count). The molecule has 2 N–H and O–H groups in total. The summed E-state index contributed by atoms with van der Waals surface area (Å²) in [7, 11) is -3.43. The van der Waals surface area contributed by atoms with Crippen molar-refractivity contribution in [3.63, 3.8) is 0 Å². The van der Waals surface area contributed by atoms with Gasteiger partial charge in [0.1, 0.15) is 6.17 Å². The number of hydrogen-bond donors (Lipinski definition) is 2. The number of aliphatic carboxylic acids is 1. The molecule has 0 amide bonds. The van der Waals surface area contributed by atoms with E-state index >= 15 is 0 Å². The van der Waals surface area contributed by atoms with Crippen molar-refractivity contribution in [3.8, 4) is 0 Å². The van der Waals surface area contributed by atoms with Crippen LogP contribution in [0.1, 0.15) is 49.8 Å². The summed E-state index contributed by atoms with van der Waals surface area (Å²) >= 11 is 3.09. The number of thiophene rings is 1. The van der Waals surface area contributed by atoms with Gasteiger partial charge < -0.3 is 5.11 Å². The third-order valence-electron chi connectivity index (χ3n) is 4.92. The Morgan fingerprint density at radius 2 is 1.96 bits per heavy atom. The van der Waals surface area contributed by atoms with Gasteiger partial charge in [-0.25, -0.2) is 17.5 Å². The molecule has 146 valence electrons. The number of carboxylic acid groups (broad SMARTS) is 1. The predicted molar refractivity (Wildman–Crippen MR) is 102 cm³/mol. The fraction of sp³-hybridized carbons (Fsp3) is 0.706. The number of sulfonamides is 1. The van der Waals surface area contributed by atoms with Crippen LogP contribution < -0.4 is 4.72 Å². The van der Waals surface area contributed by atoms with Gasteiger partial charge in [0.2, 0.25) is 10.0 Å². The van der Waals surface area contributed by atoms with Crippen molar-refractivity contribution in [3.05, 3.63) is 17.0 Å². The van der Waals surface area contributed by atoms with E-state index in [0.29, 0.717) is 31.6 Å². The molecule has 1 unspecified atom stereocenters. The Hall–Kier alpha value is -0.640. The summed E-state index contributed by atoms with van der Waals surface area (Å²) < 4.78 is 41.6. The minimum Gasteiger partial charge on any atom is -0.481 e. The van der Waals surface area contributed by atoms with Gasteiger partial charge in [0.05, 0.1) is 15.9 Å². The van der Waals surface area contributed by atoms with E-state index in [1.807, 2.05) is 12.1 Å². The molecule has 0 saturated heterocycles. The minimum atomic E-state index is -3.43. The van der Waals surface area contributed by atoms with Gasteiger partial charge in [0, 0.05) is 16.7 Å². The highest BCUT2D eigenvalue weighted by atomic mass is 32.2. The quantitative estimate of drug-likeness (QED) is 0.593. The Morgan fingerprint density at radius 3 is 2.58 bits per heavy atom. The van der Waals surface area contributed by atoms with Crippen molar-refractivity contribution < 1.29 is 22.7 Å². The second kappa shape index (κ2) is 8.58. The smallest absolute Gasteiger partial charge is 0.304 e. The highest BCUT2D eigenvalue weighted by Gasteiger charge is 2.34. The van der Waals surface area contributed by atoms with E-state index in [9.17, 15) is 17.6 Å². The molecule has 2 fully saturated rings. The molecular weight excluding hydrogens is 397 g/mol. The summed E-state index contributed by atoms with van der Waals surface area (Å²) in [4.78, 5) is 11.9. The van der Waals surface area contributed by atoms with Gasteiger partial charge in [-0.3, -0.25) is 4.79 Å². The molecule has 1 heterocycles. The van der Waals surface area contributed by atoms with Crippen LogP contribution in [0.5, 0.6) is 0 Å². The normalized spacial score (nSPS) is 25.1. The van der Waals surface area contributed by atoms with E-state index in [4.69, 9.17) is 5.11 Å². The van der Waals surface area contributed by atoms with E-state index in [-0.39, 0.29) is 18.2 Å². The summed E-state index contributed by atoms with van der Waals surface area (Å²) in [5, 5.41) is 8.64. The fourth-order valence-electron chi connectivity index (χ4n) is 3.23. The highest BCUT2D eigenvalue weighted by molar-refractivity contribution is 8.01. The molecule has 2 aliphatic carbocycles. The molecule has 9 heteroatoms. The maximum atomic E-state index is 13.2. The molecule has 0 aromatic carbocycles. The van der Waals surface area contributed by atoms with Crippen LogP contribution in [-0.2, 0) is 21.4 Å². The molecule has 5 nitrogen and oxygen atoms in total. The lowest BCUT2D eigenvalue weighted by Gasteiger charge is -2.24. The lowest BCUT2D eigenvalue weighted by atomic mass is 9.99. The van der Waals surface area contributed by atoms with Crippen molar-refractivity contribution in [1.82, 2.24) is 4.72 Å². The zero-order valence-corrected chi connectivity index (χ0v) is 16.8. The molecular formula is C17H24FNO4S3. The van der Waals surface area contributed by atoms with E-state index in [1.165, 1.54) is 11.3 Å². The number of carbonyl (C=O) groups is 1. The van der Waals surface area contributed by atoms with Crippen molar-refractivity contribution >= 4 is 39.1 Å². The number of alkyl halides is 1. The number of carboxylic acids is 1. The Morgan fingerprint density at radius 1 is 1.27 bits per heavy atom. The monoisotopic (exact) mass is 421 g/mol. The number of rotatable bonds is 9. The molecule has 0 bridgehead atoms. The van der Waals surface area contributed by atoms with E-state index in [1.54, 1.807) is 11.8 Å². The highest BCUT2D eigenvalue weighted by Crippen LogP contribution is 2.44. The maximum absolute atomic E-state index is 13.2. The van der Waals surface area contributed by atoms with Crippen LogP contribution in [-0.4, -0.2) is 36.2 Å². The number of thioether (sulfide) groups is 1. The first kappa shape index (κ1) is 20.1. The van der Waals surface area contributed by atoms with Crippen LogP contribution in [0.25, 0.3) is 0 Å². The van der Waals surface area contributed by atoms with Crippen molar-refractivity contribution in [1.29, 1.82) is 0 Å². The Labute approximate surface area is 161 Å². The maximum Gasteiger partial charge on any atom is 0.304 e. The molecule has 1 aromatic heterocycles. The first-order chi connectivity index (χ1) is 12.3. The standard InChI is InChI=1S/C17H24FNO4S3/c18-12-3-6-14(7-4-12)26(22,23)19-10-13-5-8-17(24-13)25-15(9-16(20)21)11-1-2-11/h5,8,11-12,14-15,19H,1-4,6-7,9-10H2,(H,20,21). The molecule has 2 aliphatic rings. The van der Waals surface area contributed by atoms with Gasteiger partial charge in [-0.2, -0.15) is 0 Å². The van der Waals surface area contributed by atoms with Crippen LogP contribution in [0.4, 0.5) is 4.39 Å². The molecule has 0 spiro atoms. The van der Waals surface area contributed by atoms with Gasteiger partial charge in [0.15, 0.2) is 0 Å². The largest absolute Gasteiger partial charge is 0.481 e. The Bertz CT molecular complexity index is 724. The topological polar surface area (TPSA) is 83.5 Å². The molecule has 0 radical (unpaired) electrons. The summed E-state index contributed by atoms with van der Waals surface area (Å²) in [6.07, 6.45) is 2.85. The van der Waals surface area contributed by atoms with Crippen molar-refractivity contribution in [2.75, 3.05) is 0 Å². The first-order valence-electron chi connectivity index (χ1n) is 8.93. The van der Waals surface area contributed by atoms with Gasteiger partial charge in [-0.1, -0.05) is 0 Å². The van der Waals surface area contributed by atoms with Crippen LogP contribution >= 0.6 is 23.1 Å². The molecule has 1 aromatic rings. The number of hydrogen-bond acceptors (Lipinski definition) is 5. The molecule has 2 saturated carbocycles. The van der Waals surface area contributed by atoms with E-state index in [0.717, 1.165) is 21.9 Å². The number of nitrogens with one attached hydrogen (secondary N) is 1. The third-order valence-corrected chi connectivity index (χ3v) is 9.46. The third kappa shape index (κ3) is 5.68. The van der Waals surface area contributed by atoms with Crippen LogP contribution in [0, 0.1) is 5.92 Å². The second-order valence-corrected chi connectivity index (χ2v) is 11.8. The number of halogens is 1. The van der Waals surface area contributed by atoms with Crippen LogP contribution in [0.3, 0.4) is 0 Å². The average molecular weight is 422 g/mol. The van der Waals surface area contributed by atoms with Gasteiger partial charge in [0.25, 0.3) is 0 Å². The van der Waals surface area contributed by atoms with Crippen LogP contribution in [0.15, 0.2) is 16.3 Å². The van der Waals surface area contributed by atoms with Crippen molar-refractivity contribution in [2.24, 2.45) is 5.92 Å². The minimum absolute atomic E-state index is 0.0894. The van der Waals surface area contributed by atoms with Gasteiger partial charge in [-0.15, -0.1) is 23.1 Å². The Kier molecular flexibility index (Phi) is 6.63. The second-order valence-electron chi connectivity index (χ2n) is 7.05. The van der Waals surface area contributed by atoms with Gasteiger partial charge in [-0.05, 0) is 56.6 Å². The summed E-state index contributed by atoms with van der Waals surface area (Å²) in [6.45, 7) is 0.232. The zero-order chi connectivity index (χ0) is 18.7. The summed E-state index contributed by atoms with van der Waals surface area (Å²) in [5.41, 5.74) is 0. The Balaban J connectivity index is 1.52. The molecule has 0 aliphatic heterocycles. The molecule has 1 atom stereocenters. The van der Waals surface area contributed by atoms with Crippen molar-refractivity contribution in [2.45, 2.75) is 72.4 Å². The van der Waals surface area contributed by atoms with Crippen LogP contribution in [0.2, 0.25) is 0 Å². The van der Waals surface area contributed by atoms with E-state index in [2.05, 4.69) is 4.72 Å². The predicted octanol–water partition coefficient (Wildman–Crippen LogP) is 3.79. The average Bonchev–Trinajstić information content (AvgIpc) is 3.33. The fourth-order valence-corrected chi connectivity index (χ4v) is 7.50. The molecule has 26 heavy (non-hydrogen) atoms.